The maximum atomic E-state index is 12.7. The second kappa shape index (κ2) is 8.03. The Morgan fingerprint density at radius 1 is 1.00 bits per heavy atom. The van der Waals surface area contributed by atoms with Crippen molar-refractivity contribution in [2.75, 3.05) is 10.1 Å². The average molecular weight is 391 g/mol. The first-order valence-corrected chi connectivity index (χ1v) is 9.38. The zero-order valence-corrected chi connectivity index (χ0v) is 15.1. The predicted octanol–water partition coefficient (Wildman–Crippen LogP) is 2.49. The minimum Gasteiger partial charge on any atom is -0.277 e. The number of hydrogen-bond donors (Lipinski definition) is 2. The minimum atomic E-state index is -3.85. The van der Waals surface area contributed by atoms with Crippen LogP contribution in [0.25, 0.3) is 5.69 Å². The molecule has 0 aliphatic heterocycles. The molecule has 2 aromatic carbocycles. The largest absolute Gasteiger partial charge is 0.277 e. The molecule has 1 aromatic heterocycles. The van der Waals surface area contributed by atoms with Gasteiger partial charge in [0.05, 0.1) is 22.5 Å². The van der Waals surface area contributed by atoms with Gasteiger partial charge in [0.25, 0.3) is 10.0 Å². The molecule has 0 saturated heterocycles. The van der Waals surface area contributed by atoms with Crippen LogP contribution in [0.4, 0.5) is 11.5 Å². The van der Waals surface area contributed by atoms with E-state index in [1.165, 1.54) is 35.1 Å². The number of nitrogens with zero attached hydrogens (tertiary/aromatic N) is 5. The first-order valence-electron chi connectivity index (χ1n) is 7.90. The first kappa shape index (κ1) is 18.6. The van der Waals surface area contributed by atoms with Crippen molar-refractivity contribution in [3.63, 3.8) is 0 Å². The number of nitrogens with one attached hydrogen (secondary N) is 2. The van der Waals surface area contributed by atoms with Crippen LogP contribution in [0.5, 0.6) is 0 Å². The van der Waals surface area contributed by atoms with Crippen molar-refractivity contribution < 1.29 is 8.42 Å². The van der Waals surface area contributed by atoms with Gasteiger partial charge in [0.15, 0.2) is 0 Å². The standard InChI is InChI=1S/C18H13N7O2S/c19-12-15(13-20)23-22-14-6-8-17(9-7-14)28(26,27)24-18-10-11-21-25(18)16-4-2-1-3-5-16/h1-11,22,24H. The van der Waals surface area contributed by atoms with E-state index in [9.17, 15) is 8.42 Å². The smallest absolute Gasteiger partial charge is 0.263 e. The molecule has 3 aromatic rings. The predicted molar refractivity (Wildman–Crippen MR) is 103 cm³/mol. The maximum absolute atomic E-state index is 12.7. The van der Waals surface area contributed by atoms with Crippen molar-refractivity contribution in [3.8, 4) is 17.8 Å². The van der Waals surface area contributed by atoms with Crippen LogP contribution in [-0.4, -0.2) is 23.9 Å². The van der Waals surface area contributed by atoms with Crippen LogP contribution in [0.1, 0.15) is 0 Å². The third-order valence-corrected chi connectivity index (χ3v) is 4.93. The third kappa shape index (κ3) is 4.15. The van der Waals surface area contributed by atoms with Crippen molar-refractivity contribution in [3.05, 3.63) is 66.9 Å². The van der Waals surface area contributed by atoms with E-state index in [4.69, 9.17) is 10.5 Å². The minimum absolute atomic E-state index is 0.0311. The molecule has 10 heteroatoms. The van der Waals surface area contributed by atoms with E-state index in [-0.39, 0.29) is 10.6 Å². The lowest BCUT2D eigenvalue weighted by molar-refractivity contribution is 0.600. The highest BCUT2D eigenvalue weighted by Gasteiger charge is 2.17. The molecule has 0 radical (unpaired) electrons. The van der Waals surface area contributed by atoms with Crippen LogP contribution >= 0.6 is 0 Å². The van der Waals surface area contributed by atoms with Crippen LogP contribution in [0.15, 0.2) is 76.9 Å². The molecule has 0 aliphatic carbocycles. The van der Waals surface area contributed by atoms with E-state index in [2.05, 4.69) is 20.3 Å². The Labute approximate surface area is 161 Å². The molecule has 0 atom stereocenters. The highest BCUT2D eigenvalue weighted by molar-refractivity contribution is 7.92. The van der Waals surface area contributed by atoms with Crippen molar-refractivity contribution in [2.45, 2.75) is 4.90 Å². The fourth-order valence-corrected chi connectivity index (χ4v) is 3.30. The third-order valence-electron chi connectivity index (χ3n) is 3.56. The van der Waals surface area contributed by atoms with Crippen molar-refractivity contribution in [1.29, 1.82) is 10.5 Å². The van der Waals surface area contributed by atoms with Gasteiger partial charge in [-0.05, 0) is 36.4 Å². The second-order valence-corrected chi connectivity index (χ2v) is 7.07. The van der Waals surface area contributed by atoms with E-state index in [1.54, 1.807) is 18.2 Å². The van der Waals surface area contributed by atoms with E-state index < -0.39 is 10.0 Å². The van der Waals surface area contributed by atoms with E-state index in [0.29, 0.717) is 17.2 Å². The summed E-state index contributed by atoms with van der Waals surface area (Å²) in [6.07, 6.45) is 1.50. The van der Waals surface area contributed by atoms with E-state index in [0.717, 1.165) is 0 Å². The van der Waals surface area contributed by atoms with E-state index >= 15 is 0 Å². The van der Waals surface area contributed by atoms with Crippen LogP contribution in [0, 0.1) is 22.7 Å². The summed E-state index contributed by atoms with van der Waals surface area (Å²) in [5, 5.41) is 25.0. The van der Waals surface area contributed by atoms with Gasteiger partial charge in [0.2, 0.25) is 5.71 Å². The number of anilines is 2. The summed E-state index contributed by atoms with van der Waals surface area (Å²) < 4.78 is 29.3. The molecule has 3 rings (SSSR count). The molecule has 0 aliphatic rings. The topological polar surface area (TPSA) is 136 Å². The number of aromatic nitrogens is 2. The lowest BCUT2D eigenvalue weighted by Crippen LogP contribution is -2.16. The Hall–Kier alpha value is -4.15. The summed E-state index contributed by atoms with van der Waals surface area (Å²) in [4.78, 5) is 0.0311. The number of hydrogen-bond acceptors (Lipinski definition) is 7. The molecule has 0 amide bonds. The van der Waals surface area contributed by atoms with Gasteiger partial charge in [0.1, 0.15) is 18.0 Å². The summed E-state index contributed by atoms with van der Waals surface area (Å²) in [6.45, 7) is 0. The summed E-state index contributed by atoms with van der Waals surface area (Å²) in [7, 11) is -3.85. The quantitative estimate of drug-likeness (QED) is 0.489. The zero-order valence-electron chi connectivity index (χ0n) is 14.3. The Kier molecular flexibility index (Phi) is 5.35. The molecule has 9 nitrogen and oxygen atoms in total. The molecule has 2 N–H and O–H groups in total. The number of sulfonamides is 1. The summed E-state index contributed by atoms with van der Waals surface area (Å²) in [5.74, 6) is 0.297. The fourth-order valence-electron chi connectivity index (χ4n) is 2.26. The highest BCUT2D eigenvalue weighted by Crippen LogP contribution is 2.20. The molecule has 0 bridgehead atoms. The molecule has 0 unspecified atom stereocenters. The molecule has 1 heterocycles. The molecule has 0 spiro atoms. The van der Waals surface area contributed by atoms with Crippen molar-refractivity contribution in [1.82, 2.24) is 9.78 Å². The molecular weight excluding hydrogens is 378 g/mol. The van der Waals surface area contributed by atoms with Gasteiger partial charge >= 0.3 is 0 Å². The first-order chi connectivity index (χ1) is 13.5. The number of rotatable bonds is 6. The Morgan fingerprint density at radius 3 is 2.32 bits per heavy atom. The summed E-state index contributed by atoms with van der Waals surface area (Å²) >= 11 is 0. The van der Waals surface area contributed by atoms with Gasteiger partial charge in [-0.1, -0.05) is 18.2 Å². The molecule has 28 heavy (non-hydrogen) atoms. The normalized spacial score (nSPS) is 10.4. The van der Waals surface area contributed by atoms with Crippen molar-refractivity contribution >= 4 is 27.2 Å². The van der Waals surface area contributed by atoms with Gasteiger partial charge in [-0.2, -0.15) is 20.7 Å². The lowest BCUT2D eigenvalue weighted by Gasteiger charge is -2.11. The SMILES string of the molecule is N#CC(C#N)=NNc1ccc(S(=O)(=O)Nc2ccnn2-c2ccccc2)cc1. The Balaban J connectivity index is 1.80. The summed E-state index contributed by atoms with van der Waals surface area (Å²) in [5.41, 5.74) is 3.32. The Morgan fingerprint density at radius 2 is 1.68 bits per heavy atom. The van der Waals surface area contributed by atoms with Gasteiger partial charge in [-0.15, -0.1) is 0 Å². The lowest BCUT2D eigenvalue weighted by atomic mass is 10.3. The monoisotopic (exact) mass is 391 g/mol. The van der Waals surface area contributed by atoms with Gasteiger partial charge in [-0.3, -0.25) is 10.1 Å². The number of benzene rings is 2. The van der Waals surface area contributed by atoms with Crippen LogP contribution < -0.4 is 10.1 Å². The van der Waals surface area contributed by atoms with Gasteiger partial charge in [0, 0.05) is 6.07 Å². The molecule has 0 saturated carbocycles. The van der Waals surface area contributed by atoms with Crippen molar-refractivity contribution in [2.24, 2.45) is 5.10 Å². The number of nitriles is 2. The number of para-hydroxylation sites is 1. The molecule has 0 fully saturated rings. The molecule has 138 valence electrons. The Bertz CT molecular complexity index is 1170. The van der Waals surface area contributed by atoms with E-state index in [1.807, 2.05) is 30.3 Å². The average Bonchev–Trinajstić information content (AvgIpc) is 3.17. The highest BCUT2D eigenvalue weighted by atomic mass is 32.2. The van der Waals surface area contributed by atoms with Gasteiger partial charge < -0.3 is 0 Å². The second-order valence-electron chi connectivity index (χ2n) is 5.39. The van der Waals surface area contributed by atoms with Crippen LogP contribution in [0.3, 0.4) is 0 Å². The number of hydrazone groups is 1. The van der Waals surface area contributed by atoms with Gasteiger partial charge in [-0.25, -0.2) is 13.1 Å². The van der Waals surface area contributed by atoms with Crippen LogP contribution in [0.2, 0.25) is 0 Å². The van der Waals surface area contributed by atoms with Crippen LogP contribution in [-0.2, 0) is 10.0 Å². The maximum Gasteiger partial charge on any atom is 0.263 e. The fraction of sp³-hybridized carbons (Fsp3) is 0. The zero-order chi connectivity index (χ0) is 20.0. The molecular formula is C18H13N7O2S. The summed E-state index contributed by atoms with van der Waals surface area (Å²) in [6, 6.07) is 19.6.